The van der Waals surface area contributed by atoms with Crippen LogP contribution < -0.4 is 5.73 Å². The molecule has 0 aliphatic carbocycles. The average molecular weight is 199 g/mol. The maximum atomic E-state index is 5.83. The number of fused-ring (bicyclic) bond motifs is 1. The molecule has 2 rings (SSSR count). The van der Waals surface area contributed by atoms with E-state index in [4.69, 9.17) is 5.73 Å². The summed E-state index contributed by atoms with van der Waals surface area (Å²) in [6, 6.07) is 7.88. The first kappa shape index (κ1) is 9.65. The second-order valence-corrected chi connectivity index (χ2v) is 3.38. The number of nitrogen functional groups attached to an aromatic ring is 1. The van der Waals surface area contributed by atoms with E-state index < -0.39 is 0 Å². The maximum Gasteiger partial charge on any atom is 0.129 e. The molecule has 0 saturated heterocycles. The van der Waals surface area contributed by atoms with Crippen molar-refractivity contribution < 1.29 is 0 Å². The summed E-state index contributed by atoms with van der Waals surface area (Å²) in [4.78, 5) is 8.67. The quantitative estimate of drug-likeness (QED) is 0.718. The number of aliphatic imine (C=N–C) groups is 1. The molecule has 15 heavy (non-hydrogen) atoms. The molecule has 2 N–H and O–H groups in total. The number of benzene rings is 1. The minimum absolute atomic E-state index is 0.550. The van der Waals surface area contributed by atoms with E-state index in [-0.39, 0.29) is 0 Å². The minimum atomic E-state index is 0.550. The molecule has 0 amide bonds. The average Bonchev–Trinajstić information content (AvgIpc) is 2.25. The molecule has 3 heteroatoms. The lowest BCUT2D eigenvalue weighted by Gasteiger charge is -2.07. The summed E-state index contributed by atoms with van der Waals surface area (Å²) < 4.78 is 0. The molecule has 3 nitrogen and oxygen atoms in total. The van der Waals surface area contributed by atoms with Crippen molar-refractivity contribution in [3.05, 3.63) is 29.8 Å². The highest BCUT2D eigenvalue weighted by Gasteiger charge is 2.07. The second-order valence-electron chi connectivity index (χ2n) is 3.38. The fourth-order valence-electron chi connectivity index (χ4n) is 1.60. The Balaban J connectivity index is 2.89. The van der Waals surface area contributed by atoms with Crippen molar-refractivity contribution in [1.82, 2.24) is 4.98 Å². The van der Waals surface area contributed by atoms with E-state index in [2.05, 4.69) is 9.98 Å². The molecule has 0 aliphatic heterocycles. The van der Waals surface area contributed by atoms with Gasteiger partial charge in [-0.25, -0.2) is 4.98 Å². The fourth-order valence-corrected chi connectivity index (χ4v) is 1.60. The fraction of sp³-hybridized carbons (Fsp3) is 0.167. The summed E-state index contributed by atoms with van der Waals surface area (Å²) in [6.07, 6.45) is 1.77. The van der Waals surface area contributed by atoms with Gasteiger partial charge in [0.15, 0.2) is 0 Å². The second kappa shape index (κ2) is 3.69. The molecule has 0 atom stereocenters. The normalized spacial score (nSPS) is 11.3. The Morgan fingerprint density at radius 3 is 2.80 bits per heavy atom. The lowest BCUT2D eigenvalue weighted by atomic mass is 10.1. The van der Waals surface area contributed by atoms with Crippen LogP contribution in [0.1, 0.15) is 12.5 Å². The van der Waals surface area contributed by atoms with Crippen molar-refractivity contribution in [2.75, 3.05) is 5.73 Å². The Morgan fingerprint density at radius 1 is 1.33 bits per heavy atom. The highest BCUT2D eigenvalue weighted by molar-refractivity contribution is 5.94. The maximum absolute atomic E-state index is 5.83. The van der Waals surface area contributed by atoms with Crippen LogP contribution in [0.15, 0.2) is 29.3 Å². The van der Waals surface area contributed by atoms with E-state index in [1.807, 2.05) is 38.1 Å². The molecule has 0 aliphatic rings. The third-order valence-corrected chi connectivity index (χ3v) is 2.40. The zero-order chi connectivity index (χ0) is 10.8. The van der Waals surface area contributed by atoms with Crippen LogP contribution in [0.5, 0.6) is 0 Å². The number of aromatic nitrogens is 1. The summed E-state index contributed by atoms with van der Waals surface area (Å²) in [6.45, 7) is 3.84. The molecule has 0 fully saturated rings. The number of rotatable bonds is 1. The molecular weight excluding hydrogens is 186 g/mol. The Labute approximate surface area is 88.7 Å². The molecule has 0 saturated carbocycles. The van der Waals surface area contributed by atoms with Crippen LogP contribution in [0, 0.1) is 6.92 Å². The molecule has 2 aromatic rings. The van der Waals surface area contributed by atoms with E-state index in [9.17, 15) is 0 Å². The standard InChI is InChI=1S/C12H13N3/c1-3-14-11-8(2)12(13)15-10-7-5-4-6-9(10)11/h3-7H,1-2H3,(H2,13,15). The van der Waals surface area contributed by atoms with Gasteiger partial charge in [0, 0.05) is 17.2 Å². The van der Waals surface area contributed by atoms with Crippen LogP contribution >= 0.6 is 0 Å². The van der Waals surface area contributed by atoms with Gasteiger partial charge in [-0.2, -0.15) is 0 Å². The van der Waals surface area contributed by atoms with Gasteiger partial charge in [0.05, 0.1) is 11.2 Å². The first-order chi connectivity index (χ1) is 7.24. The first-order valence-corrected chi connectivity index (χ1v) is 4.87. The SMILES string of the molecule is CC=Nc1c(C)c(N)nc2ccccc12. The molecule has 1 aromatic heterocycles. The molecule has 0 radical (unpaired) electrons. The number of nitrogens with zero attached hydrogens (tertiary/aromatic N) is 2. The Bertz CT molecular complexity index is 530. The molecule has 0 spiro atoms. The van der Waals surface area contributed by atoms with Crippen LogP contribution in [0.2, 0.25) is 0 Å². The van der Waals surface area contributed by atoms with Crippen molar-refractivity contribution in [2.24, 2.45) is 4.99 Å². The van der Waals surface area contributed by atoms with Gasteiger partial charge in [-0.1, -0.05) is 18.2 Å². The van der Waals surface area contributed by atoms with Gasteiger partial charge >= 0.3 is 0 Å². The minimum Gasteiger partial charge on any atom is -0.383 e. The van der Waals surface area contributed by atoms with Gasteiger partial charge in [0.25, 0.3) is 0 Å². The van der Waals surface area contributed by atoms with Crippen molar-refractivity contribution in [2.45, 2.75) is 13.8 Å². The Kier molecular flexibility index (Phi) is 2.37. The number of pyridine rings is 1. The predicted molar refractivity (Wildman–Crippen MR) is 64.7 cm³/mol. The number of anilines is 1. The molecule has 1 aromatic carbocycles. The number of para-hydroxylation sites is 1. The number of hydrogen-bond donors (Lipinski definition) is 1. The van der Waals surface area contributed by atoms with Crippen LogP contribution in [-0.2, 0) is 0 Å². The van der Waals surface area contributed by atoms with Crippen molar-refractivity contribution in [1.29, 1.82) is 0 Å². The lowest BCUT2D eigenvalue weighted by Crippen LogP contribution is -1.95. The van der Waals surface area contributed by atoms with E-state index in [1.54, 1.807) is 6.21 Å². The molecule has 1 heterocycles. The van der Waals surface area contributed by atoms with E-state index >= 15 is 0 Å². The highest BCUT2D eigenvalue weighted by atomic mass is 14.9. The molecular formula is C12H13N3. The van der Waals surface area contributed by atoms with Crippen LogP contribution in [0.25, 0.3) is 10.9 Å². The van der Waals surface area contributed by atoms with Gasteiger partial charge in [-0.15, -0.1) is 0 Å². The van der Waals surface area contributed by atoms with E-state index in [0.29, 0.717) is 5.82 Å². The van der Waals surface area contributed by atoms with Gasteiger partial charge in [0.1, 0.15) is 5.82 Å². The zero-order valence-corrected chi connectivity index (χ0v) is 8.86. The summed E-state index contributed by atoms with van der Waals surface area (Å²) in [7, 11) is 0. The van der Waals surface area contributed by atoms with Gasteiger partial charge in [-0.3, -0.25) is 4.99 Å². The zero-order valence-electron chi connectivity index (χ0n) is 8.86. The lowest BCUT2D eigenvalue weighted by molar-refractivity contribution is 1.32. The number of nitrogens with two attached hydrogens (primary N) is 1. The van der Waals surface area contributed by atoms with Gasteiger partial charge in [-0.05, 0) is 19.9 Å². The van der Waals surface area contributed by atoms with Gasteiger partial charge in [0.2, 0.25) is 0 Å². The molecule has 76 valence electrons. The Morgan fingerprint density at radius 2 is 2.07 bits per heavy atom. The van der Waals surface area contributed by atoms with Crippen LogP contribution in [0.4, 0.5) is 11.5 Å². The summed E-state index contributed by atoms with van der Waals surface area (Å²) in [5.41, 5.74) is 8.58. The molecule has 0 unspecified atom stereocenters. The first-order valence-electron chi connectivity index (χ1n) is 4.87. The van der Waals surface area contributed by atoms with Crippen molar-refractivity contribution >= 4 is 28.6 Å². The van der Waals surface area contributed by atoms with Crippen molar-refractivity contribution in [3.8, 4) is 0 Å². The predicted octanol–water partition coefficient (Wildman–Crippen LogP) is 2.85. The van der Waals surface area contributed by atoms with Gasteiger partial charge < -0.3 is 5.73 Å². The topological polar surface area (TPSA) is 51.3 Å². The highest BCUT2D eigenvalue weighted by Crippen LogP contribution is 2.31. The largest absolute Gasteiger partial charge is 0.383 e. The number of hydrogen-bond acceptors (Lipinski definition) is 3. The summed E-state index contributed by atoms with van der Waals surface area (Å²) in [5.74, 6) is 0.550. The summed E-state index contributed by atoms with van der Waals surface area (Å²) >= 11 is 0. The van der Waals surface area contributed by atoms with E-state index in [1.165, 1.54) is 0 Å². The summed E-state index contributed by atoms with van der Waals surface area (Å²) in [5, 5.41) is 1.04. The third kappa shape index (κ3) is 1.56. The van der Waals surface area contributed by atoms with Crippen molar-refractivity contribution in [3.63, 3.8) is 0 Å². The van der Waals surface area contributed by atoms with Crippen LogP contribution in [0.3, 0.4) is 0 Å². The van der Waals surface area contributed by atoms with Crippen LogP contribution in [-0.4, -0.2) is 11.2 Å². The third-order valence-electron chi connectivity index (χ3n) is 2.40. The Hall–Kier alpha value is -1.90. The monoisotopic (exact) mass is 199 g/mol. The molecule has 0 bridgehead atoms. The van der Waals surface area contributed by atoms with E-state index in [0.717, 1.165) is 22.2 Å². The smallest absolute Gasteiger partial charge is 0.129 e.